The highest BCUT2D eigenvalue weighted by Crippen LogP contribution is 2.01. The maximum Gasteiger partial charge on any atom is 0.303 e. The van der Waals surface area contributed by atoms with Gasteiger partial charge < -0.3 is 5.11 Å². The van der Waals surface area contributed by atoms with Crippen molar-refractivity contribution in [3.05, 3.63) is 48.6 Å². The van der Waals surface area contributed by atoms with E-state index in [1.807, 2.05) is 0 Å². The SMILES string of the molecule is [2H]OC(=O)CCCC=CCC=CCC=CCC=CCCCCC. The standard InChI is InChI=1S/C20H32O2/c1-2-3-4-5-6-7-8-9-10-11-12-13-14-15-16-17-18-19-20(21)22/h6-7,9-10,12-13,15-16H,2-5,8,11,14,17-19H2,1H3,(H,21,22)/i/hD. The van der Waals surface area contributed by atoms with Crippen molar-refractivity contribution in [3.63, 3.8) is 0 Å². The molecule has 22 heavy (non-hydrogen) atoms. The smallest absolute Gasteiger partial charge is 0.303 e. The Balaban J connectivity index is 3.42. The Bertz CT molecular complexity index is 381. The van der Waals surface area contributed by atoms with Gasteiger partial charge in [-0.15, -0.1) is 0 Å². The summed E-state index contributed by atoms with van der Waals surface area (Å²) < 4.78 is 6.42. The number of aliphatic carboxylic acids is 1. The highest BCUT2D eigenvalue weighted by Gasteiger charge is 1.92. The van der Waals surface area contributed by atoms with Crippen LogP contribution in [0.3, 0.4) is 0 Å². The van der Waals surface area contributed by atoms with Crippen molar-refractivity contribution in [2.75, 3.05) is 0 Å². The third-order valence-electron chi connectivity index (χ3n) is 3.21. The Hall–Kier alpha value is -1.57. The van der Waals surface area contributed by atoms with Crippen LogP contribution in [0.25, 0.3) is 1.43 Å². The second-order valence-corrected chi connectivity index (χ2v) is 5.35. The van der Waals surface area contributed by atoms with E-state index < -0.39 is 5.97 Å². The quantitative estimate of drug-likeness (QED) is 0.306. The molecular formula is C20H32O2. The van der Waals surface area contributed by atoms with Gasteiger partial charge in [-0.25, -0.2) is 0 Å². The van der Waals surface area contributed by atoms with Crippen LogP contribution in [-0.4, -0.2) is 11.1 Å². The number of carboxylic acids is 1. The van der Waals surface area contributed by atoms with Crippen molar-refractivity contribution >= 4 is 5.97 Å². The summed E-state index contributed by atoms with van der Waals surface area (Å²) in [5.41, 5.74) is 0. The third kappa shape index (κ3) is 18.4. The molecular weight excluding hydrogens is 272 g/mol. The monoisotopic (exact) mass is 305 g/mol. The Kier molecular flexibility index (Phi) is 14.7. The average molecular weight is 305 g/mol. The van der Waals surface area contributed by atoms with Crippen molar-refractivity contribution in [2.45, 2.75) is 71.1 Å². The summed E-state index contributed by atoms with van der Waals surface area (Å²) in [7, 11) is 0. The highest BCUT2D eigenvalue weighted by molar-refractivity contribution is 5.66. The van der Waals surface area contributed by atoms with Crippen LogP contribution in [0.2, 0.25) is 0 Å². The summed E-state index contributed by atoms with van der Waals surface area (Å²) >= 11 is 0. The van der Waals surface area contributed by atoms with E-state index in [1.54, 1.807) is 0 Å². The van der Waals surface area contributed by atoms with Gasteiger partial charge in [0.05, 0.1) is 0 Å². The van der Waals surface area contributed by atoms with Gasteiger partial charge in [-0.1, -0.05) is 68.4 Å². The lowest BCUT2D eigenvalue weighted by Crippen LogP contribution is -1.92. The molecule has 2 heteroatoms. The van der Waals surface area contributed by atoms with Crippen LogP contribution in [0.1, 0.15) is 71.1 Å². The lowest BCUT2D eigenvalue weighted by atomic mass is 10.2. The van der Waals surface area contributed by atoms with Gasteiger partial charge in [0.2, 0.25) is 0 Å². The maximum absolute atomic E-state index is 10.7. The molecule has 0 bridgehead atoms. The zero-order valence-corrected chi connectivity index (χ0v) is 14.0. The van der Waals surface area contributed by atoms with Gasteiger partial charge in [-0.3, -0.25) is 4.79 Å². The van der Waals surface area contributed by atoms with E-state index in [9.17, 15) is 4.79 Å². The van der Waals surface area contributed by atoms with Crippen LogP contribution in [0.15, 0.2) is 48.6 Å². The molecule has 0 aromatic rings. The first-order valence-electron chi connectivity index (χ1n) is 8.98. The molecule has 0 saturated carbocycles. The second kappa shape index (κ2) is 17.5. The Morgan fingerprint density at radius 2 is 1.32 bits per heavy atom. The molecule has 0 spiro atoms. The number of allylic oxidation sites excluding steroid dienone is 8. The fraction of sp³-hybridized carbons (Fsp3) is 0.550. The average Bonchev–Trinajstić information content (AvgIpc) is 2.57. The summed E-state index contributed by atoms with van der Waals surface area (Å²) in [6.07, 6.45) is 27.4. The van der Waals surface area contributed by atoms with E-state index in [2.05, 4.69) is 60.6 Å². The van der Waals surface area contributed by atoms with E-state index in [-0.39, 0.29) is 0 Å². The molecule has 124 valence electrons. The molecule has 1 N–H and O–H groups in total. The van der Waals surface area contributed by atoms with E-state index >= 15 is 0 Å². The molecule has 0 radical (unpaired) electrons. The largest absolute Gasteiger partial charge is 0.481 e. The summed E-state index contributed by atoms with van der Waals surface area (Å²) in [5, 5.41) is 3.84. The normalized spacial score (nSPS) is 12.9. The molecule has 0 aliphatic heterocycles. The molecule has 0 aliphatic carbocycles. The van der Waals surface area contributed by atoms with Crippen LogP contribution >= 0.6 is 0 Å². The fourth-order valence-electron chi connectivity index (χ4n) is 1.93. The molecule has 0 aromatic carbocycles. The molecule has 0 heterocycles. The van der Waals surface area contributed by atoms with Crippen LogP contribution in [-0.2, 0) is 4.79 Å². The molecule has 0 unspecified atom stereocenters. The number of rotatable bonds is 14. The van der Waals surface area contributed by atoms with Gasteiger partial charge in [0.1, 0.15) is 0 Å². The number of unbranched alkanes of at least 4 members (excludes halogenated alkanes) is 4. The number of hydrogen-bond donors (Lipinski definition) is 1. The number of carboxylic acid groups (broad SMARTS) is 1. The van der Waals surface area contributed by atoms with Crippen molar-refractivity contribution in [1.29, 1.82) is 1.43 Å². The summed E-state index contributed by atoms with van der Waals surface area (Å²) in [5.74, 6) is -0.458. The van der Waals surface area contributed by atoms with E-state index in [4.69, 9.17) is 1.43 Å². The Morgan fingerprint density at radius 1 is 0.818 bits per heavy atom. The highest BCUT2D eigenvalue weighted by atomic mass is 16.4. The fourth-order valence-corrected chi connectivity index (χ4v) is 1.93. The number of hydrogen-bond acceptors (Lipinski definition) is 2. The zero-order valence-electron chi connectivity index (χ0n) is 15.0. The van der Waals surface area contributed by atoms with E-state index in [1.165, 1.54) is 25.7 Å². The van der Waals surface area contributed by atoms with E-state index in [0.29, 0.717) is 6.42 Å². The Morgan fingerprint density at radius 3 is 1.82 bits per heavy atom. The van der Waals surface area contributed by atoms with Crippen molar-refractivity contribution < 1.29 is 9.90 Å². The van der Waals surface area contributed by atoms with Gasteiger partial charge >= 0.3 is 5.97 Å². The molecule has 0 aromatic heterocycles. The molecule has 0 saturated heterocycles. The molecule has 0 atom stereocenters. The van der Waals surface area contributed by atoms with Crippen molar-refractivity contribution in [3.8, 4) is 0 Å². The molecule has 0 fully saturated rings. The van der Waals surface area contributed by atoms with Gasteiger partial charge in [0.25, 0.3) is 1.43 Å². The number of carbonyl (C=O) groups is 1. The van der Waals surface area contributed by atoms with Gasteiger partial charge in [0.15, 0.2) is 0 Å². The summed E-state index contributed by atoms with van der Waals surface area (Å²) in [6, 6.07) is 0. The maximum atomic E-state index is 10.7. The molecule has 2 nitrogen and oxygen atoms in total. The van der Waals surface area contributed by atoms with Crippen LogP contribution < -0.4 is 0 Å². The lowest BCUT2D eigenvalue weighted by molar-refractivity contribution is -0.137. The first kappa shape index (κ1) is 18.5. The summed E-state index contributed by atoms with van der Waals surface area (Å²) in [4.78, 5) is 10.7. The minimum Gasteiger partial charge on any atom is -0.481 e. The minimum atomic E-state index is -0.458. The minimum absolute atomic E-state index is 0.321. The third-order valence-corrected chi connectivity index (χ3v) is 3.21. The van der Waals surface area contributed by atoms with Crippen LogP contribution in [0.4, 0.5) is 0 Å². The van der Waals surface area contributed by atoms with Crippen LogP contribution in [0, 0.1) is 0 Å². The van der Waals surface area contributed by atoms with Gasteiger partial charge in [-0.2, -0.15) is 0 Å². The Labute approximate surface area is 137 Å². The van der Waals surface area contributed by atoms with E-state index in [0.717, 1.165) is 32.1 Å². The van der Waals surface area contributed by atoms with Gasteiger partial charge in [0, 0.05) is 6.42 Å². The summed E-state index contributed by atoms with van der Waals surface area (Å²) in [6.45, 7) is 2.23. The molecule has 0 aliphatic rings. The predicted molar refractivity (Wildman–Crippen MR) is 96.0 cm³/mol. The van der Waals surface area contributed by atoms with Crippen molar-refractivity contribution in [1.82, 2.24) is 0 Å². The molecule has 0 amide bonds. The second-order valence-electron chi connectivity index (χ2n) is 5.35. The van der Waals surface area contributed by atoms with Crippen LogP contribution in [0.5, 0.6) is 0 Å². The first-order chi connectivity index (χ1) is 11.3. The van der Waals surface area contributed by atoms with Crippen molar-refractivity contribution in [2.24, 2.45) is 0 Å². The first-order valence-corrected chi connectivity index (χ1v) is 8.57. The topological polar surface area (TPSA) is 37.3 Å². The zero-order chi connectivity index (χ0) is 17.0. The predicted octanol–water partition coefficient (Wildman–Crippen LogP) is 6.22. The lowest BCUT2D eigenvalue weighted by Gasteiger charge is -1.90. The van der Waals surface area contributed by atoms with Gasteiger partial charge in [-0.05, 0) is 44.9 Å². The molecule has 0 rings (SSSR count).